The second-order valence-electron chi connectivity index (χ2n) is 5.41. The van der Waals surface area contributed by atoms with Gasteiger partial charge in [-0.1, -0.05) is 6.92 Å². The first-order valence-electron chi connectivity index (χ1n) is 6.29. The molecule has 0 atom stereocenters. The minimum atomic E-state index is -3.38. The average Bonchev–Trinajstić information content (AvgIpc) is 2.69. The maximum atomic E-state index is 12.2. The Balaban J connectivity index is 2.05. The molecule has 2 N–H and O–H groups in total. The van der Waals surface area contributed by atoms with Crippen molar-refractivity contribution in [2.45, 2.75) is 30.9 Å². The summed E-state index contributed by atoms with van der Waals surface area (Å²) in [7, 11) is -3.38. The monoisotopic (exact) mass is 366 g/mol. The van der Waals surface area contributed by atoms with E-state index < -0.39 is 10.0 Å². The molecule has 1 fully saturated rings. The van der Waals surface area contributed by atoms with Crippen LogP contribution in [0, 0.1) is 12.3 Å². The second kappa shape index (κ2) is 5.81. The number of hydrogen-bond donors (Lipinski definition) is 2. The third-order valence-corrected chi connectivity index (χ3v) is 7.61. The van der Waals surface area contributed by atoms with Gasteiger partial charge in [0.05, 0.1) is 3.79 Å². The minimum absolute atomic E-state index is 0.0574. The third-order valence-electron chi connectivity index (χ3n) is 3.60. The maximum absolute atomic E-state index is 12.2. The lowest BCUT2D eigenvalue weighted by Crippen LogP contribution is -2.42. The van der Waals surface area contributed by atoms with Crippen LogP contribution in [0.15, 0.2) is 14.1 Å². The normalized spacial score (nSPS) is 19.5. The highest BCUT2D eigenvalue weighted by molar-refractivity contribution is 9.11. The van der Waals surface area contributed by atoms with Gasteiger partial charge in [-0.15, -0.1) is 11.3 Å². The number of sulfonamides is 1. The molecule has 2 heterocycles. The van der Waals surface area contributed by atoms with Gasteiger partial charge in [0.25, 0.3) is 0 Å². The van der Waals surface area contributed by atoms with Gasteiger partial charge in [-0.2, -0.15) is 0 Å². The smallest absolute Gasteiger partial charge is 0.250 e. The van der Waals surface area contributed by atoms with Gasteiger partial charge < -0.3 is 5.32 Å². The fourth-order valence-corrected chi connectivity index (χ4v) is 5.58. The van der Waals surface area contributed by atoms with Crippen molar-refractivity contribution in [1.82, 2.24) is 10.0 Å². The number of rotatable bonds is 4. The first-order valence-corrected chi connectivity index (χ1v) is 9.38. The molecule has 1 aromatic rings. The van der Waals surface area contributed by atoms with E-state index in [0.717, 1.165) is 35.3 Å². The van der Waals surface area contributed by atoms with E-state index in [1.807, 2.05) is 6.92 Å². The van der Waals surface area contributed by atoms with Crippen LogP contribution in [-0.2, 0) is 10.0 Å². The van der Waals surface area contributed by atoms with Crippen molar-refractivity contribution in [3.63, 3.8) is 0 Å². The molecule has 2 rings (SSSR count). The molecule has 19 heavy (non-hydrogen) atoms. The SMILES string of the molecule is Cc1cc(S(=O)(=O)NCC2(C)CCNCC2)sc1Br. The summed E-state index contributed by atoms with van der Waals surface area (Å²) in [6.07, 6.45) is 2.01. The van der Waals surface area contributed by atoms with Crippen molar-refractivity contribution in [2.75, 3.05) is 19.6 Å². The Morgan fingerprint density at radius 2 is 2.11 bits per heavy atom. The van der Waals surface area contributed by atoms with Crippen molar-refractivity contribution in [1.29, 1.82) is 0 Å². The predicted molar refractivity (Wildman–Crippen MR) is 82.2 cm³/mol. The number of hydrogen-bond acceptors (Lipinski definition) is 4. The molecule has 7 heteroatoms. The minimum Gasteiger partial charge on any atom is -0.317 e. The van der Waals surface area contributed by atoms with Gasteiger partial charge in [-0.25, -0.2) is 13.1 Å². The molecule has 0 radical (unpaired) electrons. The largest absolute Gasteiger partial charge is 0.317 e. The molecule has 1 saturated heterocycles. The lowest BCUT2D eigenvalue weighted by atomic mass is 9.81. The van der Waals surface area contributed by atoms with Gasteiger partial charge >= 0.3 is 0 Å². The molecule has 0 unspecified atom stereocenters. The van der Waals surface area contributed by atoms with Crippen molar-refractivity contribution in [3.05, 3.63) is 15.4 Å². The molecule has 4 nitrogen and oxygen atoms in total. The molecule has 1 aromatic heterocycles. The van der Waals surface area contributed by atoms with E-state index in [1.54, 1.807) is 6.07 Å². The maximum Gasteiger partial charge on any atom is 0.250 e. The van der Waals surface area contributed by atoms with E-state index >= 15 is 0 Å². The molecule has 1 aliphatic rings. The Hall–Kier alpha value is 0.0500. The van der Waals surface area contributed by atoms with Gasteiger partial charge in [0.1, 0.15) is 4.21 Å². The zero-order valence-electron chi connectivity index (χ0n) is 11.1. The van der Waals surface area contributed by atoms with Crippen LogP contribution in [0.2, 0.25) is 0 Å². The number of thiophene rings is 1. The molecule has 0 bridgehead atoms. The lowest BCUT2D eigenvalue weighted by molar-refractivity contribution is 0.232. The van der Waals surface area contributed by atoms with Gasteiger partial charge in [0, 0.05) is 6.54 Å². The summed E-state index contributed by atoms with van der Waals surface area (Å²) in [6, 6.07) is 1.71. The summed E-state index contributed by atoms with van der Waals surface area (Å²) in [5.41, 5.74) is 1.01. The first-order chi connectivity index (χ1) is 8.82. The van der Waals surface area contributed by atoms with Crippen LogP contribution in [0.5, 0.6) is 0 Å². The summed E-state index contributed by atoms with van der Waals surface area (Å²) in [6.45, 7) is 6.47. The summed E-state index contributed by atoms with van der Waals surface area (Å²) in [5, 5.41) is 3.30. The quantitative estimate of drug-likeness (QED) is 0.860. The van der Waals surface area contributed by atoms with E-state index in [1.165, 1.54) is 11.3 Å². The summed E-state index contributed by atoms with van der Waals surface area (Å²) >= 11 is 4.63. The topological polar surface area (TPSA) is 58.2 Å². The summed E-state index contributed by atoms with van der Waals surface area (Å²) < 4.78 is 28.5. The Kier molecular flexibility index (Phi) is 4.72. The van der Waals surface area contributed by atoms with Gasteiger partial charge in [-0.3, -0.25) is 0 Å². The van der Waals surface area contributed by atoms with Crippen LogP contribution in [0.4, 0.5) is 0 Å². The summed E-state index contributed by atoms with van der Waals surface area (Å²) in [5.74, 6) is 0. The molecule has 0 saturated carbocycles. The van der Waals surface area contributed by atoms with E-state index in [9.17, 15) is 8.42 Å². The molecule has 0 spiro atoms. The van der Waals surface area contributed by atoms with Crippen molar-refractivity contribution < 1.29 is 8.42 Å². The fraction of sp³-hybridized carbons (Fsp3) is 0.667. The molecule has 0 aromatic carbocycles. The fourth-order valence-electron chi connectivity index (χ4n) is 2.11. The second-order valence-corrected chi connectivity index (χ2v) is 9.77. The Morgan fingerprint density at radius 3 is 2.63 bits per heavy atom. The average molecular weight is 367 g/mol. The van der Waals surface area contributed by atoms with Crippen LogP contribution in [0.25, 0.3) is 0 Å². The standard InChI is InChI=1S/C12H19BrN2O2S2/c1-9-7-10(18-11(9)13)19(16,17)15-8-12(2)3-5-14-6-4-12/h7,14-15H,3-6,8H2,1-2H3. The molecule has 0 amide bonds. The van der Waals surface area contributed by atoms with Crippen molar-refractivity contribution >= 4 is 37.3 Å². The third kappa shape index (κ3) is 3.78. The highest BCUT2D eigenvalue weighted by atomic mass is 79.9. The first kappa shape index (κ1) is 15.4. The lowest BCUT2D eigenvalue weighted by Gasteiger charge is -2.33. The molecular weight excluding hydrogens is 348 g/mol. The van der Waals surface area contributed by atoms with Gasteiger partial charge in [-0.05, 0) is 65.8 Å². The molecular formula is C12H19BrN2O2S2. The van der Waals surface area contributed by atoms with Crippen LogP contribution in [0.3, 0.4) is 0 Å². The molecule has 1 aliphatic heterocycles. The van der Waals surface area contributed by atoms with Crippen LogP contribution in [-0.4, -0.2) is 28.1 Å². The number of aryl methyl sites for hydroxylation is 1. The van der Waals surface area contributed by atoms with Crippen molar-refractivity contribution in [3.8, 4) is 0 Å². The predicted octanol–water partition coefficient (Wildman–Crippen LogP) is 2.49. The van der Waals surface area contributed by atoms with Crippen LogP contribution >= 0.6 is 27.3 Å². The Morgan fingerprint density at radius 1 is 1.47 bits per heavy atom. The Bertz CT molecular complexity index is 529. The van der Waals surface area contributed by atoms with Crippen molar-refractivity contribution in [2.24, 2.45) is 5.41 Å². The number of halogens is 1. The van der Waals surface area contributed by atoms with E-state index in [0.29, 0.717) is 10.8 Å². The highest BCUT2D eigenvalue weighted by Gasteiger charge is 2.29. The summed E-state index contributed by atoms with van der Waals surface area (Å²) in [4.78, 5) is 0. The van der Waals surface area contributed by atoms with Crippen LogP contribution in [0.1, 0.15) is 25.3 Å². The molecule has 0 aliphatic carbocycles. The number of nitrogens with one attached hydrogen (secondary N) is 2. The van der Waals surface area contributed by atoms with Crippen LogP contribution < -0.4 is 10.0 Å². The van der Waals surface area contributed by atoms with Gasteiger partial charge in [0.15, 0.2) is 0 Å². The number of piperidine rings is 1. The zero-order valence-corrected chi connectivity index (χ0v) is 14.3. The zero-order chi connectivity index (χ0) is 14.1. The van der Waals surface area contributed by atoms with E-state index in [-0.39, 0.29) is 5.41 Å². The van der Waals surface area contributed by atoms with E-state index in [4.69, 9.17) is 0 Å². The van der Waals surface area contributed by atoms with Gasteiger partial charge in [0.2, 0.25) is 10.0 Å². The highest BCUT2D eigenvalue weighted by Crippen LogP contribution is 2.31. The Labute approximate surface area is 127 Å². The molecule has 108 valence electrons. The van der Waals surface area contributed by atoms with E-state index in [2.05, 4.69) is 32.9 Å².